The molecule has 0 bridgehead atoms. The molecule has 6 rings (SSSR count). The predicted molar refractivity (Wildman–Crippen MR) is 156 cm³/mol. The summed E-state index contributed by atoms with van der Waals surface area (Å²) < 4.78 is 82.4. The minimum Gasteiger partial charge on any atom is -0.332 e. The highest BCUT2D eigenvalue weighted by atomic mass is 32.2. The smallest absolute Gasteiger partial charge is 0.273 e. The van der Waals surface area contributed by atoms with Gasteiger partial charge in [-0.05, 0) is 61.3 Å². The number of likely N-dealkylation sites (tertiary alicyclic amines) is 2. The Kier molecular flexibility index (Phi) is 8.20. The van der Waals surface area contributed by atoms with E-state index in [-0.39, 0.29) is 34.4 Å². The molecule has 2 aliphatic rings. The number of amides is 1. The lowest BCUT2D eigenvalue weighted by molar-refractivity contribution is -0.00245. The number of alkyl halides is 2. The summed E-state index contributed by atoms with van der Waals surface area (Å²) in [5.74, 6) is -6.48. The second-order valence-electron chi connectivity index (χ2n) is 11.6. The summed E-state index contributed by atoms with van der Waals surface area (Å²) in [6.07, 6.45) is 5.66. The fraction of sp³-hybridized carbons (Fsp3) is 0.355. The molecule has 14 heteroatoms. The lowest BCUT2D eigenvalue weighted by Crippen LogP contribution is -2.35. The van der Waals surface area contributed by atoms with Gasteiger partial charge in [-0.1, -0.05) is 24.3 Å². The predicted octanol–water partition coefficient (Wildman–Crippen LogP) is 4.60. The van der Waals surface area contributed by atoms with E-state index in [1.807, 2.05) is 0 Å². The Morgan fingerprint density at radius 3 is 2.20 bits per heavy atom. The zero-order valence-corrected chi connectivity index (χ0v) is 25.1. The molecular weight excluding hydrogens is 612 g/mol. The first kappa shape index (κ1) is 30.8. The van der Waals surface area contributed by atoms with Crippen molar-refractivity contribution in [3.05, 3.63) is 101 Å². The number of carbonyl (C=O) groups excluding carboxylic acids is 1. The maximum absolute atomic E-state index is 15.2. The number of hydrogen-bond donors (Lipinski definition) is 0. The van der Waals surface area contributed by atoms with Crippen LogP contribution in [-0.2, 0) is 16.4 Å². The Hall–Kier alpha value is -4.17. The van der Waals surface area contributed by atoms with Crippen molar-refractivity contribution in [1.82, 2.24) is 29.5 Å². The quantitative estimate of drug-likeness (QED) is 0.272. The van der Waals surface area contributed by atoms with Crippen molar-refractivity contribution < 1.29 is 30.8 Å². The third-order valence-electron chi connectivity index (χ3n) is 8.44. The van der Waals surface area contributed by atoms with Gasteiger partial charge in [-0.2, -0.15) is 5.10 Å². The average Bonchev–Trinajstić information content (AvgIpc) is 3.59. The number of halogens is 4. The van der Waals surface area contributed by atoms with E-state index in [1.54, 1.807) is 24.3 Å². The van der Waals surface area contributed by atoms with E-state index in [0.29, 0.717) is 38.2 Å². The summed E-state index contributed by atoms with van der Waals surface area (Å²) in [5, 5.41) is 4.35. The van der Waals surface area contributed by atoms with Gasteiger partial charge in [0, 0.05) is 25.3 Å². The van der Waals surface area contributed by atoms with Gasteiger partial charge in [0.2, 0.25) is 0 Å². The van der Waals surface area contributed by atoms with Gasteiger partial charge in [-0.15, -0.1) is 0 Å². The average molecular weight is 643 g/mol. The Bertz CT molecular complexity index is 1790. The van der Waals surface area contributed by atoms with Crippen LogP contribution in [-0.4, -0.2) is 82.2 Å². The fourth-order valence-corrected chi connectivity index (χ4v) is 6.74. The van der Waals surface area contributed by atoms with Crippen LogP contribution in [0.5, 0.6) is 0 Å². The molecule has 2 saturated heterocycles. The minimum absolute atomic E-state index is 0.0507. The molecule has 2 aromatic carbocycles. The van der Waals surface area contributed by atoms with Crippen LogP contribution in [0.1, 0.15) is 51.9 Å². The first-order valence-electron chi connectivity index (χ1n) is 14.4. The zero-order chi connectivity index (χ0) is 31.9. The highest BCUT2D eigenvalue weighted by molar-refractivity contribution is 7.90. The summed E-state index contributed by atoms with van der Waals surface area (Å²) in [4.78, 5) is 25.5. The fourth-order valence-electron chi connectivity index (χ4n) is 6.11. The highest BCUT2D eigenvalue weighted by Gasteiger charge is 2.50. The summed E-state index contributed by atoms with van der Waals surface area (Å²) in [7, 11) is -3.30. The summed E-state index contributed by atoms with van der Waals surface area (Å²) in [6, 6.07) is 11.6. The molecule has 236 valence electrons. The van der Waals surface area contributed by atoms with E-state index < -0.39 is 45.8 Å². The summed E-state index contributed by atoms with van der Waals surface area (Å²) in [5.41, 5.74) is 1.81. The third-order valence-corrected chi connectivity index (χ3v) is 9.57. The molecule has 0 saturated carbocycles. The molecule has 4 aromatic rings. The van der Waals surface area contributed by atoms with Crippen LogP contribution in [0.3, 0.4) is 0 Å². The molecule has 0 radical (unpaired) electrons. The van der Waals surface area contributed by atoms with E-state index in [0.717, 1.165) is 41.2 Å². The van der Waals surface area contributed by atoms with Crippen LogP contribution in [0, 0.1) is 11.6 Å². The Balaban J connectivity index is 1.24. The molecule has 0 spiro atoms. The molecule has 4 heterocycles. The first-order valence-corrected chi connectivity index (χ1v) is 16.3. The van der Waals surface area contributed by atoms with Gasteiger partial charge in [0.25, 0.3) is 17.8 Å². The van der Waals surface area contributed by atoms with Crippen molar-refractivity contribution in [1.29, 1.82) is 0 Å². The van der Waals surface area contributed by atoms with Crippen LogP contribution < -0.4 is 0 Å². The second kappa shape index (κ2) is 12.0. The number of carbonyl (C=O) groups is 1. The molecule has 2 aromatic heterocycles. The van der Waals surface area contributed by atoms with Crippen molar-refractivity contribution in [2.24, 2.45) is 0 Å². The van der Waals surface area contributed by atoms with Gasteiger partial charge in [-0.3, -0.25) is 9.69 Å². The van der Waals surface area contributed by atoms with Gasteiger partial charge in [-0.25, -0.2) is 40.6 Å². The SMILES string of the molecule is CS(=O)(=O)c1ccc(CN2CCC(c3c(C(=O)N4C[C@@H](c5ccc(F)cc5)C(F)(F)C4)cnn3-c3ncc(F)cn3)CC2)cc1. The Morgan fingerprint density at radius 2 is 1.58 bits per heavy atom. The Labute approximate surface area is 257 Å². The lowest BCUT2D eigenvalue weighted by atomic mass is 9.90. The van der Waals surface area contributed by atoms with Gasteiger partial charge >= 0.3 is 0 Å². The number of aromatic nitrogens is 4. The summed E-state index contributed by atoms with van der Waals surface area (Å²) >= 11 is 0. The van der Waals surface area contributed by atoms with E-state index in [9.17, 15) is 22.0 Å². The van der Waals surface area contributed by atoms with E-state index >= 15 is 8.78 Å². The largest absolute Gasteiger partial charge is 0.332 e. The van der Waals surface area contributed by atoms with E-state index in [4.69, 9.17) is 0 Å². The van der Waals surface area contributed by atoms with Crippen molar-refractivity contribution in [3.8, 4) is 5.95 Å². The molecule has 45 heavy (non-hydrogen) atoms. The highest BCUT2D eigenvalue weighted by Crippen LogP contribution is 2.42. The van der Waals surface area contributed by atoms with E-state index in [2.05, 4.69) is 20.0 Å². The monoisotopic (exact) mass is 642 g/mol. The molecular formula is C31H30F4N6O3S. The molecule has 9 nitrogen and oxygen atoms in total. The molecule has 1 atom stereocenters. The van der Waals surface area contributed by atoms with Crippen molar-refractivity contribution in [2.45, 2.75) is 42.0 Å². The maximum atomic E-state index is 15.2. The minimum atomic E-state index is -3.30. The number of nitrogens with zero attached hydrogens (tertiary/aromatic N) is 6. The van der Waals surface area contributed by atoms with E-state index in [1.165, 1.54) is 23.0 Å². The van der Waals surface area contributed by atoms with Crippen LogP contribution in [0.2, 0.25) is 0 Å². The summed E-state index contributed by atoms with van der Waals surface area (Å²) in [6.45, 7) is 0.802. The second-order valence-corrected chi connectivity index (χ2v) is 13.6. The molecule has 2 aliphatic heterocycles. The number of benzene rings is 2. The van der Waals surface area contributed by atoms with Crippen LogP contribution in [0.25, 0.3) is 5.95 Å². The number of hydrogen-bond acceptors (Lipinski definition) is 7. The third kappa shape index (κ3) is 6.47. The Morgan fingerprint density at radius 1 is 0.933 bits per heavy atom. The first-order chi connectivity index (χ1) is 21.4. The standard InChI is InChI=1S/C31H30F4N6O3S/c1-45(43,44)25-8-2-20(3-9-25)17-39-12-10-22(11-13-39)28-26(16-38-41(28)30-36-14-24(33)15-37-30)29(42)40-18-27(31(34,35)19-40)21-4-6-23(32)7-5-21/h2-9,14-16,22,27H,10-13,17-19H2,1H3/t27-/m0/s1. The van der Waals surface area contributed by atoms with Crippen LogP contribution in [0.15, 0.2) is 72.0 Å². The number of piperidine rings is 1. The topological polar surface area (TPSA) is 101 Å². The number of rotatable bonds is 7. The normalized spacial score (nSPS) is 19.2. The van der Waals surface area contributed by atoms with Gasteiger partial charge in [0.1, 0.15) is 5.82 Å². The van der Waals surface area contributed by atoms with Crippen molar-refractivity contribution in [3.63, 3.8) is 0 Å². The maximum Gasteiger partial charge on any atom is 0.273 e. The lowest BCUT2D eigenvalue weighted by Gasteiger charge is -2.32. The molecule has 1 amide bonds. The van der Waals surface area contributed by atoms with Gasteiger partial charge in [0.05, 0.1) is 47.2 Å². The van der Waals surface area contributed by atoms with Crippen molar-refractivity contribution in [2.75, 3.05) is 32.4 Å². The molecule has 0 aliphatic carbocycles. The molecule has 2 fully saturated rings. The molecule has 0 unspecified atom stereocenters. The van der Waals surface area contributed by atoms with Gasteiger partial charge < -0.3 is 4.90 Å². The zero-order valence-electron chi connectivity index (χ0n) is 24.3. The van der Waals surface area contributed by atoms with Gasteiger partial charge in [0.15, 0.2) is 15.7 Å². The number of sulfone groups is 1. The molecule has 0 N–H and O–H groups in total. The van der Waals surface area contributed by atoms with Crippen LogP contribution >= 0.6 is 0 Å². The van der Waals surface area contributed by atoms with Crippen LogP contribution in [0.4, 0.5) is 17.6 Å². The van der Waals surface area contributed by atoms with Crippen molar-refractivity contribution >= 4 is 15.7 Å².